The summed E-state index contributed by atoms with van der Waals surface area (Å²) in [6.45, 7) is 0.407. The van der Waals surface area contributed by atoms with Crippen LogP contribution in [0.4, 0.5) is 5.69 Å². The van der Waals surface area contributed by atoms with E-state index < -0.39 is 9.84 Å². The summed E-state index contributed by atoms with van der Waals surface area (Å²) in [5, 5.41) is 15.3. The van der Waals surface area contributed by atoms with Crippen LogP contribution >= 0.6 is 0 Å². The van der Waals surface area contributed by atoms with Gasteiger partial charge in [0.05, 0.1) is 17.1 Å². The molecular formula is C21H19N5O2S. The van der Waals surface area contributed by atoms with Crippen molar-refractivity contribution in [3.05, 3.63) is 84.7 Å². The summed E-state index contributed by atoms with van der Waals surface area (Å²) < 4.78 is 24.9. The van der Waals surface area contributed by atoms with E-state index in [-0.39, 0.29) is 4.90 Å². The third-order valence-electron chi connectivity index (χ3n) is 4.49. The van der Waals surface area contributed by atoms with E-state index >= 15 is 0 Å². The zero-order valence-corrected chi connectivity index (χ0v) is 16.5. The van der Waals surface area contributed by atoms with Crippen molar-refractivity contribution in [1.82, 2.24) is 20.2 Å². The summed E-state index contributed by atoms with van der Waals surface area (Å²) in [7, 11) is -3.25. The van der Waals surface area contributed by atoms with Crippen LogP contribution in [0.2, 0.25) is 0 Å². The first-order valence-electron chi connectivity index (χ1n) is 8.98. The lowest BCUT2D eigenvalue weighted by atomic mass is 10.0. The second-order valence-electron chi connectivity index (χ2n) is 6.54. The minimum atomic E-state index is -3.25. The average Bonchev–Trinajstić information content (AvgIpc) is 3.21. The molecule has 8 heteroatoms. The molecular weight excluding hydrogens is 386 g/mol. The van der Waals surface area contributed by atoms with Gasteiger partial charge in [0.15, 0.2) is 15.7 Å². The average molecular weight is 405 g/mol. The van der Waals surface area contributed by atoms with Crippen LogP contribution in [0.3, 0.4) is 0 Å². The molecule has 0 radical (unpaired) electrons. The number of sulfone groups is 1. The van der Waals surface area contributed by atoms with Crippen molar-refractivity contribution < 1.29 is 8.42 Å². The Morgan fingerprint density at radius 3 is 2.31 bits per heavy atom. The normalized spacial score (nSPS) is 11.3. The maximum Gasteiger partial charge on any atom is 0.175 e. The molecule has 1 aromatic heterocycles. The van der Waals surface area contributed by atoms with Crippen LogP contribution in [0.1, 0.15) is 5.82 Å². The molecule has 7 nitrogen and oxygen atoms in total. The molecule has 0 spiro atoms. The monoisotopic (exact) mass is 405 g/mol. The molecule has 3 aromatic carbocycles. The summed E-state index contributed by atoms with van der Waals surface area (Å²) in [6.07, 6.45) is 1.18. The summed E-state index contributed by atoms with van der Waals surface area (Å²) in [4.78, 5) is 0.255. The predicted octanol–water partition coefficient (Wildman–Crippen LogP) is 3.34. The fourth-order valence-corrected chi connectivity index (χ4v) is 3.66. The highest BCUT2D eigenvalue weighted by Crippen LogP contribution is 2.27. The molecule has 0 aliphatic carbocycles. The predicted molar refractivity (Wildman–Crippen MR) is 111 cm³/mol. The first kappa shape index (κ1) is 18.8. The van der Waals surface area contributed by atoms with Gasteiger partial charge in [0.2, 0.25) is 0 Å². The Morgan fingerprint density at radius 2 is 1.59 bits per heavy atom. The standard InChI is InChI=1S/C21H19N5O2S/c1-29(27,28)18-13-11-17(12-14-18)26-21(23-24-25-26)15-22-20-10-6-5-9-19(20)16-7-3-2-4-8-16/h2-14,22H,15H2,1H3. The number of hydrogen-bond acceptors (Lipinski definition) is 6. The Balaban J connectivity index is 1.57. The van der Waals surface area contributed by atoms with Crippen LogP contribution in [-0.4, -0.2) is 34.9 Å². The highest BCUT2D eigenvalue weighted by molar-refractivity contribution is 7.90. The zero-order valence-electron chi connectivity index (χ0n) is 15.7. The molecule has 4 rings (SSSR count). The number of benzene rings is 3. The van der Waals surface area contributed by atoms with Crippen molar-refractivity contribution in [1.29, 1.82) is 0 Å². The lowest BCUT2D eigenvalue weighted by Gasteiger charge is -2.12. The third-order valence-corrected chi connectivity index (χ3v) is 5.62. The van der Waals surface area contributed by atoms with E-state index in [2.05, 4.69) is 39.0 Å². The quantitative estimate of drug-likeness (QED) is 0.529. The molecule has 1 N–H and O–H groups in total. The Bertz CT molecular complexity index is 1220. The maximum atomic E-state index is 11.6. The van der Waals surface area contributed by atoms with Gasteiger partial charge in [-0.2, -0.15) is 4.68 Å². The molecule has 29 heavy (non-hydrogen) atoms. The smallest absolute Gasteiger partial charge is 0.175 e. The zero-order chi connectivity index (χ0) is 20.3. The van der Waals surface area contributed by atoms with Gasteiger partial charge < -0.3 is 5.32 Å². The summed E-state index contributed by atoms with van der Waals surface area (Å²) in [5.74, 6) is 0.611. The lowest BCUT2D eigenvalue weighted by Crippen LogP contribution is -2.09. The van der Waals surface area contributed by atoms with Crippen molar-refractivity contribution in [2.45, 2.75) is 11.4 Å². The summed E-state index contributed by atoms with van der Waals surface area (Å²) >= 11 is 0. The van der Waals surface area contributed by atoms with Gasteiger partial charge in [-0.3, -0.25) is 0 Å². The maximum absolute atomic E-state index is 11.6. The molecule has 0 saturated heterocycles. The van der Waals surface area contributed by atoms with Crippen molar-refractivity contribution in [3.63, 3.8) is 0 Å². The third kappa shape index (κ3) is 4.17. The fourth-order valence-electron chi connectivity index (χ4n) is 3.03. The van der Waals surface area contributed by atoms with Gasteiger partial charge in [-0.25, -0.2) is 8.42 Å². The molecule has 0 bridgehead atoms. The lowest BCUT2D eigenvalue weighted by molar-refractivity contribution is 0.602. The molecule has 0 atom stereocenters. The van der Waals surface area contributed by atoms with E-state index in [0.717, 1.165) is 16.8 Å². The van der Waals surface area contributed by atoms with Crippen molar-refractivity contribution in [2.24, 2.45) is 0 Å². The van der Waals surface area contributed by atoms with Gasteiger partial charge in [-0.05, 0) is 46.3 Å². The number of hydrogen-bond donors (Lipinski definition) is 1. The van der Waals surface area contributed by atoms with E-state index in [1.165, 1.54) is 6.26 Å². The van der Waals surface area contributed by atoms with Crippen molar-refractivity contribution >= 4 is 15.5 Å². The van der Waals surface area contributed by atoms with Gasteiger partial charge in [0.1, 0.15) is 0 Å². The molecule has 0 unspecified atom stereocenters. The largest absolute Gasteiger partial charge is 0.377 e. The highest BCUT2D eigenvalue weighted by atomic mass is 32.2. The van der Waals surface area contributed by atoms with Gasteiger partial charge in [0.25, 0.3) is 0 Å². The van der Waals surface area contributed by atoms with Crippen LogP contribution in [0.5, 0.6) is 0 Å². The summed E-state index contributed by atoms with van der Waals surface area (Å²) in [6, 6.07) is 24.7. The number of para-hydroxylation sites is 1. The minimum Gasteiger partial charge on any atom is -0.377 e. The van der Waals surface area contributed by atoms with Crippen molar-refractivity contribution in [3.8, 4) is 16.8 Å². The number of anilines is 1. The molecule has 1 heterocycles. The molecule has 4 aromatic rings. The van der Waals surface area contributed by atoms with Gasteiger partial charge in [0, 0.05) is 17.5 Å². The Hall–Kier alpha value is -3.52. The van der Waals surface area contributed by atoms with Crippen LogP contribution in [0.25, 0.3) is 16.8 Å². The van der Waals surface area contributed by atoms with E-state index in [4.69, 9.17) is 0 Å². The van der Waals surface area contributed by atoms with Crippen LogP contribution in [0, 0.1) is 0 Å². The highest BCUT2D eigenvalue weighted by Gasteiger charge is 2.12. The van der Waals surface area contributed by atoms with E-state index in [1.807, 2.05) is 36.4 Å². The molecule has 146 valence electrons. The molecule has 0 fully saturated rings. The summed E-state index contributed by atoms with van der Waals surface area (Å²) in [5.41, 5.74) is 3.87. The topological polar surface area (TPSA) is 89.8 Å². The van der Waals surface area contributed by atoms with E-state index in [1.54, 1.807) is 28.9 Å². The van der Waals surface area contributed by atoms with Crippen LogP contribution < -0.4 is 5.32 Å². The number of nitrogens with zero attached hydrogens (tertiary/aromatic N) is 4. The molecule has 0 saturated carbocycles. The molecule has 0 amide bonds. The Kier molecular flexibility index (Phi) is 5.09. The van der Waals surface area contributed by atoms with Crippen LogP contribution in [0.15, 0.2) is 83.8 Å². The fraction of sp³-hybridized carbons (Fsp3) is 0.0952. The minimum absolute atomic E-state index is 0.255. The Morgan fingerprint density at radius 1 is 0.897 bits per heavy atom. The van der Waals surface area contributed by atoms with Gasteiger partial charge in [-0.15, -0.1) is 5.10 Å². The Labute approximate surface area is 168 Å². The van der Waals surface area contributed by atoms with E-state index in [9.17, 15) is 8.42 Å². The molecule has 0 aliphatic rings. The number of nitrogens with one attached hydrogen (secondary N) is 1. The SMILES string of the molecule is CS(=O)(=O)c1ccc(-n2nnnc2CNc2ccccc2-c2ccccc2)cc1. The van der Waals surface area contributed by atoms with Crippen molar-refractivity contribution in [2.75, 3.05) is 11.6 Å². The first-order valence-corrected chi connectivity index (χ1v) is 10.9. The second kappa shape index (κ2) is 7.84. The number of rotatable bonds is 6. The second-order valence-corrected chi connectivity index (χ2v) is 8.55. The van der Waals surface area contributed by atoms with E-state index in [0.29, 0.717) is 18.1 Å². The number of tetrazole rings is 1. The van der Waals surface area contributed by atoms with Gasteiger partial charge >= 0.3 is 0 Å². The van der Waals surface area contributed by atoms with Gasteiger partial charge in [-0.1, -0.05) is 48.5 Å². The molecule has 0 aliphatic heterocycles. The van der Waals surface area contributed by atoms with Crippen LogP contribution in [-0.2, 0) is 16.4 Å². The first-order chi connectivity index (χ1) is 14.0. The number of aromatic nitrogens is 4.